The molecule has 0 spiro atoms. The van der Waals surface area contributed by atoms with Crippen LogP contribution in [0.2, 0.25) is 0 Å². The number of aromatic nitrogens is 1. The zero-order valence-electron chi connectivity index (χ0n) is 29.0. The Morgan fingerprint density at radius 1 is 1.10 bits per heavy atom. The van der Waals surface area contributed by atoms with Crippen LogP contribution in [0.4, 0.5) is 4.79 Å². The molecule has 4 aliphatic rings. The number of rotatable bonds is 7. The predicted molar refractivity (Wildman–Crippen MR) is 184 cm³/mol. The molecule has 0 radical (unpaired) electrons. The molecule has 1 saturated heterocycles. The number of nitrogens with one attached hydrogen (secondary N) is 2. The van der Waals surface area contributed by atoms with Crippen LogP contribution in [0.3, 0.4) is 0 Å². The van der Waals surface area contributed by atoms with Crippen LogP contribution in [0.5, 0.6) is 5.75 Å². The van der Waals surface area contributed by atoms with Gasteiger partial charge in [0.15, 0.2) is 0 Å². The Hall–Kier alpha value is -5.10. The van der Waals surface area contributed by atoms with Crippen molar-refractivity contribution in [2.75, 3.05) is 13.7 Å². The number of aryl methyl sites for hydroxylation is 1. The minimum Gasteiger partial charge on any atom is -0.488 e. The van der Waals surface area contributed by atoms with Crippen LogP contribution < -0.4 is 15.4 Å². The summed E-state index contributed by atoms with van der Waals surface area (Å²) < 4.78 is 17.3. The zero-order chi connectivity index (χ0) is 36.1. The average molecular weight is 701 g/mol. The van der Waals surface area contributed by atoms with Crippen LogP contribution in [-0.4, -0.2) is 94.0 Å². The van der Waals surface area contributed by atoms with E-state index in [0.29, 0.717) is 35.9 Å². The number of esters is 1. The van der Waals surface area contributed by atoms with Crippen molar-refractivity contribution in [3.8, 4) is 5.75 Å². The lowest BCUT2D eigenvalue weighted by atomic mass is 10.0. The fourth-order valence-corrected chi connectivity index (χ4v) is 7.53. The van der Waals surface area contributed by atoms with Gasteiger partial charge in [-0.2, -0.15) is 4.79 Å². The zero-order valence-corrected chi connectivity index (χ0v) is 29.0. The molecule has 3 fully saturated rings. The number of allylic oxidation sites excluding steroid dienone is 1. The highest BCUT2D eigenvalue weighted by Gasteiger charge is 2.62. The molecule has 1 unspecified atom stereocenters. The van der Waals surface area contributed by atoms with Gasteiger partial charge in [-0.3, -0.25) is 14.4 Å². The number of Topliss-reactive ketones (excluding diaryl/α,β-unsaturated/α-hetero) is 1. The summed E-state index contributed by atoms with van der Waals surface area (Å²) in [5, 5.41) is 6.34. The number of carbonyl (C=O) groups is 5. The summed E-state index contributed by atoms with van der Waals surface area (Å²) in [5.74, 6) is -2.14. The van der Waals surface area contributed by atoms with Gasteiger partial charge in [-0.05, 0) is 69.9 Å². The summed E-state index contributed by atoms with van der Waals surface area (Å²) in [6, 6.07) is 4.90. The lowest BCUT2D eigenvalue weighted by Gasteiger charge is -2.29. The number of nitrogens with zero attached hydrogens (tertiary/aromatic N) is 4. The normalized spacial score (nSPS) is 27.5. The summed E-state index contributed by atoms with van der Waals surface area (Å²) in [6.45, 7) is 1.82. The number of hydrogen-bond donors (Lipinski definition) is 2. The highest BCUT2D eigenvalue weighted by molar-refractivity contribution is 6.33. The number of amides is 3. The van der Waals surface area contributed by atoms with E-state index in [9.17, 15) is 24.0 Å². The second-order valence-electron chi connectivity index (χ2n) is 13.9. The van der Waals surface area contributed by atoms with Crippen LogP contribution in [0, 0.1) is 12.8 Å². The first kappa shape index (κ1) is 35.7. The molecule has 1 aromatic heterocycles. The minimum atomic E-state index is -1.25. The number of fused-ring (bicyclic) bond motifs is 3. The van der Waals surface area contributed by atoms with Crippen molar-refractivity contribution in [1.29, 1.82) is 0 Å². The molecular weight excluding hydrogens is 656 g/mol. The van der Waals surface area contributed by atoms with E-state index < -0.39 is 53.4 Å². The van der Waals surface area contributed by atoms with Gasteiger partial charge in [0.05, 0.1) is 19.2 Å². The second kappa shape index (κ2) is 15.4. The maximum atomic E-state index is 14.4. The summed E-state index contributed by atoms with van der Waals surface area (Å²) in [4.78, 5) is 76.1. The van der Waals surface area contributed by atoms with Gasteiger partial charge in [0, 0.05) is 23.8 Å². The number of benzene rings is 1. The van der Waals surface area contributed by atoms with E-state index in [-0.39, 0.29) is 30.7 Å². The van der Waals surface area contributed by atoms with E-state index in [0.717, 1.165) is 56.7 Å². The predicted octanol–water partition coefficient (Wildman–Crippen LogP) is 3.98. The molecule has 14 nitrogen and oxygen atoms in total. The second-order valence-corrected chi connectivity index (χ2v) is 13.9. The lowest BCUT2D eigenvalue weighted by molar-refractivity contribution is -0.148. The third-order valence-electron chi connectivity index (χ3n) is 10.4. The molecule has 3 amide bonds. The standard InChI is InChI=1S/C37H44N6O8/c1-22-11-10-15-26-31(18-28(40-32(22)26)30(44)20-39-38)50-25-17-29-33(45)42-37(35(47)49-2)19-23(37)12-6-4-3-5-7-16-27(34(46)43(29)21-25)41-36(48)51-24-13-8-9-14-24/h6,10-12,15,18,20,23-25,27,29H,3-5,7-9,13-14,16-17,19,21H2,1-2H3,(H,41,48)(H,42,45)/b12-6-/t23?,25-,27+,29+,37-/m1/s1. The van der Waals surface area contributed by atoms with Crippen LogP contribution in [0.15, 0.2) is 36.4 Å². The monoisotopic (exact) mass is 700 g/mol. The number of carbonyl (C=O) groups excluding carboxylic acids is 5. The minimum absolute atomic E-state index is 0.0100. The molecule has 2 aliphatic heterocycles. The third kappa shape index (κ3) is 7.80. The van der Waals surface area contributed by atoms with Crippen LogP contribution in [0.1, 0.15) is 86.7 Å². The highest BCUT2D eigenvalue weighted by atomic mass is 16.6. The highest BCUT2D eigenvalue weighted by Crippen LogP contribution is 2.46. The quantitative estimate of drug-likeness (QED) is 0.107. The molecule has 1 aromatic carbocycles. The molecule has 0 bridgehead atoms. The molecule has 6 rings (SSSR count). The fourth-order valence-electron chi connectivity index (χ4n) is 7.53. The maximum absolute atomic E-state index is 14.4. The van der Waals surface area contributed by atoms with Crippen LogP contribution in [0.25, 0.3) is 16.4 Å². The Bertz CT molecular complexity index is 1780. The van der Waals surface area contributed by atoms with E-state index in [1.54, 1.807) is 6.07 Å². The van der Waals surface area contributed by atoms with E-state index in [4.69, 9.17) is 19.7 Å². The van der Waals surface area contributed by atoms with Crippen LogP contribution >= 0.6 is 0 Å². The summed E-state index contributed by atoms with van der Waals surface area (Å²) in [7, 11) is 1.28. The van der Waals surface area contributed by atoms with Crippen molar-refractivity contribution in [2.24, 2.45) is 5.92 Å². The molecular formula is C37H44N6O8. The smallest absolute Gasteiger partial charge is 0.408 e. The Morgan fingerprint density at radius 2 is 1.88 bits per heavy atom. The third-order valence-corrected chi connectivity index (χ3v) is 10.4. The van der Waals surface area contributed by atoms with Crippen LogP contribution in [-0.2, 0) is 23.9 Å². The van der Waals surface area contributed by atoms with Crippen molar-refractivity contribution in [1.82, 2.24) is 20.5 Å². The molecule has 2 saturated carbocycles. The Labute approximate surface area is 295 Å². The van der Waals surface area contributed by atoms with Crippen molar-refractivity contribution in [2.45, 2.75) is 107 Å². The summed E-state index contributed by atoms with van der Waals surface area (Å²) in [5.41, 5.74) is 9.01. The van der Waals surface area contributed by atoms with Gasteiger partial charge in [-0.15, -0.1) is 0 Å². The fraction of sp³-hybridized carbons (Fsp3) is 0.541. The molecule has 14 heteroatoms. The molecule has 51 heavy (non-hydrogen) atoms. The molecule has 2 N–H and O–H groups in total. The van der Waals surface area contributed by atoms with Crippen molar-refractivity contribution in [3.05, 3.63) is 53.2 Å². The molecule has 2 aromatic rings. The number of ketones is 1. The van der Waals surface area contributed by atoms with Gasteiger partial charge in [0.2, 0.25) is 11.8 Å². The lowest BCUT2D eigenvalue weighted by Crippen LogP contribution is -2.56. The van der Waals surface area contributed by atoms with Gasteiger partial charge in [-0.1, -0.05) is 37.1 Å². The molecule has 3 heterocycles. The van der Waals surface area contributed by atoms with E-state index in [2.05, 4.69) is 20.4 Å². The number of methoxy groups -OCH3 is 1. The van der Waals surface area contributed by atoms with Gasteiger partial charge in [-0.25, -0.2) is 14.6 Å². The molecule has 270 valence electrons. The number of para-hydroxylation sites is 1. The Morgan fingerprint density at radius 3 is 2.65 bits per heavy atom. The average Bonchev–Trinajstić information content (AvgIpc) is 3.39. The first-order valence-corrected chi connectivity index (χ1v) is 17.8. The topological polar surface area (TPSA) is 190 Å². The number of pyridine rings is 1. The van der Waals surface area contributed by atoms with Gasteiger partial charge < -0.3 is 35.3 Å². The first-order chi connectivity index (χ1) is 24.6. The summed E-state index contributed by atoms with van der Waals surface area (Å²) in [6.07, 6.45) is 10.5. The maximum Gasteiger partial charge on any atom is 0.408 e. The first-order valence-electron chi connectivity index (χ1n) is 17.8. The Kier molecular flexibility index (Phi) is 10.8. The van der Waals surface area contributed by atoms with Crippen molar-refractivity contribution < 1.29 is 43.0 Å². The molecule has 5 atom stereocenters. The van der Waals surface area contributed by atoms with Crippen molar-refractivity contribution in [3.63, 3.8) is 0 Å². The SMILES string of the molecule is COC(=O)[C@@]12CC1/C=C\CCCCC[C@H](NC(=O)OC1CCCC1)C(=O)N1C[C@H](Oc3cc(C(=O)C=[N+]=[N-])nc4c(C)cccc34)C[C@H]1C(=O)N2. The Balaban J connectivity index is 1.32. The molecule has 2 aliphatic carbocycles. The van der Waals surface area contributed by atoms with E-state index in [1.165, 1.54) is 18.1 Å². The van der Waals surface area contributed by atoms with Gasteiger partial charge in [0.1, 0.15) is 41.3 Å². The largest absolute Gasteiger partial charge is 0.488 e. The van der Waals surface area contributed by atoms with Gasteiger partial charge in [0.25, 0.3) is 5.78 Å². The van der Waals surface area contributed by atoms with E-state index >= 15 is 0 Å². The number of ether oxygens (including phenoxy) is 3. The van der Waals surface area contributed by atoms with Gasteiger partial charge >= 0.3 is 18.3 Å². The number of hydrogen-bond acceptors (Lipinski definition) is 9. The summed E-state index contributed by atoms with van der Waals surface area (Å²) >= 11 is 0. The van der Waals surface area contributed by atoms with Crippen molar-refractivity contribution >= 4 is 46.8 Å². The van der Waals surface area contributed by atoms with E-state index in [1.807, 2.05) is 31.2 Å². The number of alkyl carbamates (subject to hydrolysis) is 1.